The van der Waals surface area contributed by atoms with E-state index in [-0.39, 0.29) is 125 Å². The van der Waals surface area contributed by atoms with E-state index in [2.05, 4.69) is 14.2 Å². The molecule has 117 heavy (non-hydrogen) atoms. The standard InChI is InChI=1S/C8H14O7.C8H14O6.C8H12O4.2C8H6O4.C8H12O4.2C6H6O6.C5H6O3.C4H4O4/c9-7(10)5-14-3-1-13-2-4-15-6-8(11)12;9-7(10)1-3-13-5-6-14-4-2-8(11)12;2*9-7(10)5-1-2-6(4-3-5)8(11)12;9-7(10)5-2-1-3-6(4-5)8(11)12;9-7(10)5-3-1-2-4-6(5)8(11)12;2*7-4(8)1-3(6(11)12)2-5(9)10;6-4-2-1-3-5(7)8-4;5-3(6)1-2-4(7)8/h1-6H2,(H,9,10)(H,11,12);1-6H2,(H,9,10)(H,11,12);5-6H,1-4H2,(H,9,10)(H,11,12);2*1-4H,(H,9,10)(H,11,12);5-6H,1-4H2,(H,9,10)(H,11,12);2*1H,2H2,(H,7,8)(H,9,10)(H,11,12);1-3H2;1-2H,(H,5,6)(H,7,8)/b;;;;;;3-1+;3-1-;;2-1+/t;;;;;5-,6-;;;;/m.....1..../s1. The maximum atomic E-state index is 10.6. The van der Waals surface area contributed by atoms with Crippen molar-refractivity contribution in [1.29, 1.82) is 0 Å². The molecule has 2 atom stereocenters. The summed E-state index contributed by atoms with van der Waals surface area (Å²) in [5, 5.41) is 166. The van der Waals surface area contributed by atoms with Gasteiger partial charge in [0, 0.05) is 37.1 Å². The molecule has 3 aliphatic rings. The highest BCUT2D eigenvalue weighted by molar-refractivity contribution is 5.99. The molecule has 0 bridgehead atoms. The second kappa shape index (κ2) is 66.6. The number of carboxylic acid groups (broad SMARTS) is 20. The van der Waals surface area contributed by atoms with Crippen LogP contribution in [0.3, 0.4) is 0 Å². The molecule has 2 saturated carbocycles. The Kier molecular flexibility index (Phi) is 63.5. The van der Waals surface area contributed by atoms with Crippen LogP contribution in [0.25, 0.3) is 0 Å². The van der Waals surface area contributed by atoms with E-state index in [1.807, 2.05) is 0 Å². The molecule has 0 amide bonds. The van der Waals surface area contributed by atoms with Gasteiger partial charge >= 0.3 is 131 Å². The summed E-state index contributed by atoms with van der Waals surface area (Å²) in [5.41, 5.74) is -1.19. The van der Waals surface area contributed by atoms with Crippen LogP contribution in [0.15, 0.2) is 84.0 Å². The van der Waals surface area contributed by atoms with E-state index in [0.29, 0.717) is 82.1 Å². The normalized spacial score (nSPS) is 14.8. The Hall–Kier alpha value is -14.0. The molecule has 0 aromatic heterocycles. The fourth-order valence-electron chi connectivity index (χ4n) is 7.90. The Labute approximate surface area is 657 Å². The summed E-state index contributed by atoms with van der Waals surface area (Å²) in [6.45, 7) is 1.05. The molecule has 1 saturated heterocycles. The monoisotopic (exact) mass is 1680 g/mol. The van der Waals surface area contributed by atoms with E-state index in [1.165, 1.54) is 42.5 Å². The van der Waals surface area contributed by atoms with E-state index in [9.17, 15) is 105 Å². The summed E-state index contributed by atoms with van der Waals surface area (Å²) < 4.78 is 28.3. The zero-order valence-corrected chi connectivity index (χ0v) is 61.3. The van der Waals surface area contributed by atoms with Crippen LogP contribution >= 0.6 is 0 Å². The second-order valence-electron chi connectivity index (χ2n) is 22.3. The smallest absolute Gasteiger partial charge is 0.335 e. The predicted molar refractivity (Wildman–Crippen MR) is 377 cm³/mol. The van der Waals surface area contributed by atoms with Crippen LogP contribution in [0.5, 0.6) is 0 Å². The van der Waals surface area contributed by atoms with Crippen LogP contribution in [-0.4, -0.2) is 300 Å². The van der Waals surface area contributed by atoms with Crippen molar-refractivity contribution in [3.05, 3.63) is 106 Å². The van der Waals surface area contributed by atoms with Crippen LogP contribution < -0.4 is 0 Å². The second-order valence-corrected chi connectivity index (χ2v) is 22.3. The Bertz CT molecular complexity index is 3510. The van der Waals surface area contributed by atoms with Crippen molar-refractivity contribution < 1.29 is 236 Å². The molecule has 0 spiro atoms. The zero-order chi connectivity index (χ0) is 90.9. The zero-order valence-electron chi connectivity index (χ0n) is 61.3. The SMILES string of the molecule is O=C(O)/C=C(/CC(=O)O)C(=O)O.O=C(O)/C=C(\CC(=O)O)C(=O)O.O=C(O)/C=C/C(=O)O.O=C(O)C1CCC(C(=O)O)CC1.O=C(O)CCOCCOCCC(=O)O.O=C(O)COCCOCCOCC(=O)O.O=C(O)[C@@H]1CCCC[C@H]1C(=O)O.O=C(O)c1ccc(C(=O)O)cc1.O=C(O)c1cccc(C(=O)O)c1.O=C1CCCC(=O)O1. The molecular weight excluding hydrogens is 1600 g/mol. The number of benzene rings is 2. The van der Waals surface area contributed by atoms with Crippen molar-refractivity contribution in [2.24, 2.45) is 23.7 Å². The molecule has 0 unspecified atom stereocenters. The minimum Gasteiger partial charge on any atom is -0.481 e. The Balaban J connectivity index is -0.000000399. The van der Waals surface area contributed by atoms with Crippen molar-refractivity contribution in [2.45, 2.75) is 96.3 Å². The van der Waals surface area contributed by atoms with Crippen molar-refractivity contribution in [3.8, 4) is 0 Å². The van der Waals surface area contributed by atoms with Crippen molar-refractivity contribution in [1.82, 2.24) is 0 Å². The van der Waals surface area contributed by atoms with Crippen LogP contribution in [0.2, 0.25) is 0 Å². The molecular formula is C69H86O48. The Morgan fingerprint density at radius 3 is 0.829 bits per heavy atom. The average molecular weight is 1680 g/mol. The summed E-state index contributed by atoms with van der Waals surface area (Å²) in [6.07, 6.45) is 6.30. The quantitative estimate of drug-likeness (QED) is 0.0200. The molecule has 0 radical (unpaired) electrons. The fraction of sp³-hybridized carbons (Fsp3) is 0.420. The highest BCUT2D eigenvalue weighted by Gasteiger charge is 2.35. The van der Waals surface area contributed by atoms with Gasteiger partial charge in [-0.05, 0) is 87.4 Å². The highest BCUT2D eigenvalue weighted by Crippen LogP contribution is 2.31. The lowest BCUT2D eigenvalue weighted by Gasteiger charge is -2.24. The third-order valence-electron chi connectivity index (χ3n) is 13.2. The largest absolute Gasteiger partial charge is 0.481 e. The molecule has 2 aromatic rings. The molecule has 48 nitrogen and oxygen atoms in total. The summed E-state index contributed by atoms with van der Waals surface area (Å²) in [4.78, 5) is 224. The molecule has 650 valence electrons. The number of aliphatic carboxylic acids is 16. The first-order valence-electron chi connectivity index (χ1n) is 32.9. The van der Waals surface area contributed by atoms with Gasteiger partial charge in [0.05, 0.1) is 136 Å². The molecule has 1 aliphatic heterocycles. The lowest BCUT2D eigenvalue weighted by molar-refractivity contribution is -0.163. The number of carboxylic acids is 20. The first kappa shape index (κ1) is 112. The van der Waals surface area contributed by atoms with Gasteiger partial charge in [0.25, 0.3) is 0 Å². The van der Waals surface area contributed by atoms with Crippen molar-refractivity contribution >= 4 is 131 Å². The molecule has 2 aliphatic carbocycles. The van der Waals surface area contributed by atoms with E-state index >= 15 is 0 Å². The van der Waals surface area contributed by atoms with Gasteiger partial charge in [-0.25, -0.2) is 57.5 Å². The number of cyclic esters (lactones) is 2. The first-order chi connectivity index (χ1) is 54.5. The average Bonchev–Trinajstić information content (AvgIpc) is 0.856. The Morgan fingerprint density at radius 2 is 0.615 bits per heavy atom. The van der Waals surface area contributed by atoms with Crippen LogP contribution in [0.1, 0.15) is 138 Å². The minimum absolute atomic E-state index is 0.0186. The van der Waals surface area contributed by atoms with E-state index in [0.717, 1.165) is 18.9 Å². The lowest BCUT2D eigenvalue weighted by atomic mass is 9.79. The van der Waals surface area contributed by atoms with Crippen LogP contribution in [-0.2, 0) is 115 Å². The molecule has 48 heteroatoms. The fourth-order valence-corrected chi connectivity index (χ4v) is 7.90. The maximum Gasteiger partial charge on any atom is 0.335 e. The van der Waals surface area contributed by atoms with E-state index in [1.54, 1.807) is 0 Å². The third-order valence-corrected chi connectivity index (χ3v) is 13.2. The molecule has 2 aromatic carbocycles. The Morgan fingerprint density at radius 1 is 0.325 bits per heavy atom. The number of ether oxygens (including phenoxy) is 6. The lowest BCUT2D eigenvalue weighted by Crippen LogP contribution is -2.32. The van der Waals surface area contributed by atoms with Crippen LogP contribution in [0.4, 0.5) is 0 Å². The number of hydrogen-bond donors (Lipinski definition) is 20. The number of esters is 2. The number of aromatic carboxylic acids is 4. The molecule has 3 fully saturated rings. The highest BCUT2D eigenvalue weighted by atomic mass is 16.6. The maximum absolute atomic E-state index is 10.6. The number of carbonyl (C=O) groups is 22. The van der Waals surface area contributed by atoms with Gasteiger partial charge in [-0.1, -0.05) is 18.9 Å². The van der Waals surface area contributed by atoms with Gasteiger partial charge in [-0.3, -0.25) is 47.9 Å². The minimum atomic E-state index is -1.54. The predicted octanol–water partition coefficient (Wildman–Crippen LogP) is 2.33. The number of carbonyl (C=O) groups excluding carboxylic acids is 2. The van der Waals surface area contributed by atoms with Gasteiger partial charge in [-0.2, -0.15) is 0 Å². The van der Waals surface area contributed by atoms with Gasteiger partial charge < -0.3 is 131 Å². The number of rotatable bonds is 37. The first-order valence-corrected chi connectivity index (χ1v) is 32.9. The van der Waals surface area contributed by atoms with Crippen molar-refractivity contribution in [2.75, 3.05) is 66.1 Å². The van der Waals surface area contributed by atoms with Gasteiger partial charge in [0.15, 0.2) is 0 Å². The topological polar surface area (TPSA) is 836 Å². The van der Waals surface area contributed by atoms with Gasteiger partial charge in [0.2, 0.25) is 0 Å². The van der Waals surface area contributed by atoms with E-state index < -0.39 is 155 Å². The molecule has 5 rings (SSSR count). The number of hydrogen-bond acceptors (Lipinski definition) is 28. The molecule has 20 N–H and O–H groups in total. The molecule has 1 heterocycles. The summed E-state index contributed by atoms with van der Waals surface area (Å²) in [5.74, 6) is -25.8. The van der Waals surface area contributed by atoms with E-state index in [4.69, 9.17) is 116 Å². The third kappa shape index (κ3) is 69.7. The van der Waals surface area contributed by atoms with Gasteiger partial charge in [0.1, 0.15) is 13.2 Å². The van der Waals surface area contributed by atoms with Crippen LogP contribution in [0, 0.1) is 23.7 Å². The summed E-state index contributed by atoms with van der Waals surface area (Å²) >= 11 is 0. The summed E-state index contributed by atoms with van der Waals surface area (Å²) in [7, 11) is 0. The summed E-state index contributed by atoms with van der Waals surface area (Å²) in [6, 6.07) is 10.2. The van der Waals surface area contributed by atoms with Crippen molar-refractivity contribution in [3.63, 3.8) is 0 Å². The van der Waals surface area contributed by atoms with Gasteiger partial charge in [-0.15, -0.1) is 0 Å².